The third kappa shape index (κ3) is 3.76. The van der Waals surface area contributed by atoms with Gasteiger partial charge in [-0.2, -0.15) is 0 Å². The van der Waals surface area contributed by atoms with Crippen LogP contribution in [0.3, 0.4) is 0 Å². The molecule has 0 spiro atoms. The summed E-state index contributed by atoms with van der Waals surface area (Å²) in [6, 6.07) is 5.43. The maximum Gasteiger partial charge on any atom is 0.307 e. The third-order valence-corrected chi connectivity index (χ3v) is 2.67. The van der Waals surface area contributed by atoms with Crippen LogP contribution in [0.4, 0.5) is 0 Å². The lowest BCUT2D eigenvalue weighted by molar-refractivity contribution is -0.148. The molecule has 98 valence electrons. The number of hydrogen-bond donors (Lipinski definition) is 2. The standard InChI is InChI=1S/C13H16O5/c1-8-3-4-11(18-2)9(5-8)6-10(13(16)17)7-12(14)15/h3-5,10H,6-7H2,1-2H3,(H,14,15)(H,16,17). The van der Waals surface area contributed by atoms with Crippen molar-refractivity contribution in [1.29, 1.82) is 0 Å². The summed E-state index contributed by atoms with van der Waals surface area (Å²) < 4.78 is 5.15. The van der Waals surface area contributed by atoms with Gasteiger partial charge >= 0.3 is 11.9 Å². The van der Waals surface area contributed by atoms with Gasteiger partial charge in [-0.05, 0) is 25.0 Å². The summed E-state index contributed by atoms with van der Waals surface area (Å²) in [5.41, 5.74) is 1.69. The van der Waals surface area contributed by atoms with Crippen molar-refractivity contribution in [3.63, 3.8) is 0 Å². The second-order valence-electron chi connectivity index (χ2n) is 4.15. The van der Waals surface area contributed by atoms with E-state index in [2.05, 4.69) is 0 Å². The molecule has 18 heavy (non-hydrogen) atoms. The minimum absolute atomic E-state index is 0.145. The molecule has 1 unspecified atom stereocenters. The molecule has 0 radical (unpaired) electrons. The lowest BCUT2D eigenvalue weighted by Crippen LogP contribution is -2.20. The van der Waals surface area contributed by atoms with E-state index < -0.39 is 24.3 Å². The van der Waals surface area contributed by atoms with Crippen molar-refractivity contribution in [3.05, 3.63) is 29.3 Å². The number of rotatable bonds is 6. The highest BCUT2D eigenvalue weighted by atomic mass is 16.5. The van der Waals surface area contributed by atoms with Crippen LogP contribution in [-0.2, 0) is 16.0 Å². The Kier molecular flexibility index (Phi) is 4.71. The van der Waals surface area contributed by atoms with Gasteiger partial charge in [0.1, 0.15) is 5.75 Å². The molecule has 0 amide bonds. The van der Waals surface area contributed by atoms with Crippen LogP contribution < -0.4 is 4.74 Å². The molecule has 1 rings (SSSR count). The number of aliphatic carboxylic acids is 2. The van der Waals surface area contributed by atoms with Crippen LogP contribution in [-0.4, -0.2) is 29.3 Å². The van der Waals surface area contributed by atoms with E-state index in [0.717, 1.165) is 5.56 Å². The molecular weight excluding hydrogens is 236 g/mol. The highest BCUT2D eigenvalue weighted by molar-refractivity contribution is 5.78. The van der Waals surface area contributed by atoms with E-state index in [1.165, 1.54) is 7.11 Å². The topological polar surface area (TPSA) is 83.8 Å². The summed E-state index contributed by atoms with van der Waals surface area (Å²) in [5, 5.41) is 17.7. The zero-order valence-electron chi connectivity index (χ0n) is 10.3. The molecule has 0 bridgehead atoms. The molecule has 0 saturated carbocycles. The first-order valence-corrected chi connectivity index (χ1v) is 5.52. The van der Waals surface area contributed by atoms with Gasteiger partial charge in [-0.15, -0.1) is 0 Å². The second kappa shape index (κ2) is 6.05. The van der Waals surface area contributed by atoms with E-state index in [-0.39, 0.29) is 6.42 Å². The molecule has 0 aliphatic rings. The quantitative estimate of drug-likeness (QED) is 0.805. The van der Waals surface area contributed by atoms with E-state index >= 15 is 0 Å². The SMILES string of the molecule is COc1ccc(C)cc1CC(CC(=O)O)C(=O)O. The summed E-state index contributed by atoms with van der Waals surface area (Å²) in [6.45, 7) is 1.88. The minimum Gasteiger partial charge on any atom is -0.496 e. The van der Waals surface area contributed by atoms with Crippen molar-refractivity contribution in [2.75, 3.05) is 7.11 Å². The summed E-state index contributed by atoms with van der Waals surface area (Å²) in [4.78, 5) is 21.7. The highest BCUT2D eigenvalue weighted by Crippen LogP contribution is 2.24. The maximum atomic E-state index is 11.0. The van der Waals surface area contributed by atoms with Crippen molar-refractivity contribution in [2.24, 2.45) is 5.92 Å². The van der Waals surface area contributed by atoms with Gasteiger partial charge in [-0.25, -0.2) is 0 Å². The first-order valence-electron chi connectivity index (χ1n) is 5.52. The Morgan fingerprint density at radius 2 is 2.00 bits per heavy atom. The number of aryl methyl sites for hydroxylation is 1. The van der Waals surface area contributed by atoms with Crippen molar-refractivity contribution in [3.8, 4) is 5.75 Å². The minimum atomic E-state index is -1.12. The van der Waals surface area contributed by atoms with Gasteiger partial charge in [0.2, 0.25) is 0 Å². The Hall–Kier alpha value is -2.04. The number of hydrogen-bond acceptors (Lipinski definition) is 3. The van der Waals surface area contributed by atoms with Crippen LogP contribution in [0.15, 0.2) is 18.2 Å². The smallest absolute Gasteiger partial charge is 0.307 e. The Balaban J connectivity index is 2.95. The van der Waals surface area contributed by atoms with Crippen LogP contribution in [0.25, 0.3) is 0 Å². The van der Waals surface area contributed by atoms with Gasteiger partial charge in [0.05, 0.1) is 19.4 Å². The average molecular weight is 252 g/mol. The first kappa shape index (κ1) is 14.0. The second-order valence-corrected chi connectivity index (χ2v) is 4.15. The fraction of sp³-hybridized carbons (Fsp3) is 0.385. The predicted molar refractivity (Wildman–Crippen MR) is 64.8 cm³/mol. The Bertz CT molecular complexity index is 453. The predicted octanol–water partition coefficient (Wildman–Crippen LogP) is 1.72. The fourth-order valence-corrected chi connectivity index (χ4v) is 1.79. The fourth-order valence-electron chi connectivity index (χ4n) is 1.79. The van der Waals surface area contributed by atoms with Crippen LogP contribution in [0.1, 0.15) is 17.5 Å². The van der Waals surface area contributed by atoms with E-state index in [1.54, 1.807) is 6.07 Å². The molecular formula is C13H16O5. The third-order valence-electron chi connectivity index (χ3n) is 2.67. The van der Waals surface area contributed by atoms with E-state index in [1.807, 2.05) is 19.1 Å². The number of methoxy groups -OCH3 is 1. The van der Waals surface area contributed by atoms with Crippen LogP contribution in [0.2, 0.25) is 0 Å². The number of carbonyl (C=O) groups is 2. The molecule has 2 N–H and O–H groups in total. The molecule has 0 fully saturated rings. The molecule has 0 aliphatic carbocycles. The Morgan fingerprint density at radius 1 is 1.33 bits per heavy atom. The Morgan fingerprint density at radius 3 is 2.50 bits per heavy atom. The van der Waals surface area contributed by atoms with Crippen molar-refractivity contribution in [2.45, 2.75) is 19.8 Å². The van der Waals surface area contributed by atoms with Gasteiger partial charge in [0.15, 0.2) is 0 Å². The lowest BCUT2D eigenvalue weighted by Gasteiger charge is -2.13. The first-order chi connectivity index (χ1) is 8.43. The number of ether oxygens (including phenoxy) is 1. The van der Waals surface area contributed by atoms with Crippen molar-refractivity contribution in [1.82, 2.24) is 0 Å². The monoisotopic (exact) mass is 252 g/mol. The number of carboxylic acids is 2. The molecule has 0 aliphatic heterocycles. The molecule has 1 atom stereocenters. The van der Waals surface area contributed by atoms with Crippen LogP contribution in [0, 0.1) is 12.8 Å². The molecule has 5 heteroatoms. The molecule has 1 aromatic carbocycles. The maximum absolute atomic E-state index is 11.0. The molecule has 0 aromatic heterocycles. The van der Waals surface area contributed by atoms with Crippen LogP contribution in [0.5, 0.6) is 5.75 Å². The lowest BCUT2D eigenvalue weighted by atomic mass is 9.95. The van der Waals surface area contributed by atoms with Gasteiger partial charge in [0.25, 0.3) is 0 Å². The summed E-state index contributed by atoms with van der Waals surface area (Å²) in [7, 11) is 1.50. The number of benzene rings is 1. The molecule has 0 saturated heterocycles. The molecule has 1 aromatic rings. The summed E-state index contributed by atoms with van der Waals surface area (Å²) in [6.07, 6.45) is -0.251. The van der Waals surface area contributed by atoms with E-state index in [4.69, 9.17) is 14.9 Å². The van der Waals surface area contributed by atoms with Gasteiger partial charge < -0.3 is 14.9 Å². The van der Waals surface area contributed by atoms with Gasteiger partial charge in [-0.1, -0.05) is 17.7 Å². The van der Waals surface area contributed by atoms with Gasteiger partial charge in [-0.3, -0.25) is 9.59 Å². The van der Waals surface area contributed by atoms with Crippen molar-refractivity contribution < 1.29 is 24.5 Å². The molecule has 5 nitrogen and oxygen atoms in total. The molecule has 0 heterocycles. The highest BCUT2D eigenvalue weighted by Gasteiger charge is 2.22. The summed E-state index contributed by atoms with van der Waals surface area (Å²) >= 11 is 0. The summed E-state index contributed by atoms with van der Waals surface area (Å²) in [5.74, 6) is -2.59. The Labute approximate surface area is 105 Å². The van der Waals surface area contributed by atoms with E-state index in [0.29, 0.717) is 11.3 Å². The van der Waals surface area contributed by atoms with E-state index in [9.17, 15) is 9.59 Å². The largest absolute Gasteiger partial charge is 0.496 e. The van der Waals surface area contributed by atoms with Crippen LogP contribution >= 0.6 is 0 Å². The number of carboxylic acid groups (broad SMARTS) is 2. The zero-order chi connectivity index (χ0) is 13.7. The average Bonchev–Trinajstić information content (AvgIpc) is 2.27. The van der Waals surface area contributed by atoms with Gasteiger partial charge in [0, 0.05) is 0 Å². The van der Waals surface area contributed by atoms with Crippen molar-refractivity contribution >= 4 is 11.9 Å². The normalized spacial score (nSPS) is 11.9. The zero-order valence-corrected chi connectivity index (χ0v) is 10.3.